The van der Waals surface area contributed by atoms with Crippen LogP contribution in [0.1, 0.15) is 28.8 Å². The highest BCUT2D eigenvalue weighted by molar-refractivity contribution is 5.87. The van der Waals surface area contributed by atoms with Crippen LogP contribution in [0, 0.1) is 17.2 Å². The summed E-state index contributed by atoms with van der Waals surface area (Å²) in [6, 6.07) is 9.32. The fraction of sp³-hybridized carbons (Fsp3) is 0.429. The van der Waals surface area contributed by atoms with Gasteiger partial charge in [-0.3, -0.25) is 4.90 Å². The van der Waals surface area contributed by atoms with Gasteiger partial charge in [-0.1, -0.05) is 12.1 Å². The second kappa shape index (κ2) is 5.65. The first kappa shape index (κ1) is 12.6. The molecule has 1 fully saturated rings. The normalized spacial score (nSPS) is 17.3. The molecule has 1 aromatic rings. The minimum atomic E-state index is -0.892. The van der Waals surface area contributed by atoms with Gasteiger partial charge in [0.1, 0.15) is 0 Å². The first-order valence-electron chi connectivity index (χ1n) is 6.13. The molecule has 0 radical (unpaired) electrons. The number of benzene rings is 1. The third-order valence-corrected chi connectivity index (χ3v) is 3.38. The number of aromatic carboxylic acids is 1. The smallest absolute Gasteiger partial charge is 0.335 e. The highest BCUT2D eigenvalue weighted by Gasteiger charge is 2.18. The van der Waals surface area contributed by atoms with Gasteiger partial charge in [0.2, 0.25) is 0 Å². The van der Waals surface area contributed by atoms with Crippen LogP contribution in [0.25, 0.3) is 0 Å². The number of carbonyl (C=O) groups is 1. The molecule has 0 spiro atoms. The predicted molar refractivity (Wildman–Crippen MR) is 67.0 cm³/mol. The lowest BCUT2D eigenvalue weighted by Crippen LogP contribution is -2.32. The lowest BCUT2D eigenvalue weighted by molar-refractivity contribution is 0.0697. The minimum Gasteiger partial charge on any atom is -0.478 e. The van der Waals surface area contributed by atoms with Crippen molar-refractivity contribution < 1.29 is 9.90 Å². The minimum absolute atomic E-state index is 0.204. The number of carboxylic acid groups (broad SMARTS) is 1. The quantitative estimate of drug-likeness (QED) is 0.884. The summed E-state index contributed by atoms with van der Waals surface area (Å²) in [4.78, 5) is 13.0. The summed E-state index contributed by atoms with van der Waals surface area (Å²) >= 11 is 0. The van der Waals surface area contributed by atoms with Crippen LogP contribution in [0.2, 0.25) is 0 Å². The molecule has 1 N–H and O–H groups in total. The molecule has 0 aliphatic carbocycles. The van der Waals surface area contributed by atoms with Crippen molar-refractivity contribution in [1.82, 2.24) is 4.90 Å². The highest BCUT2D eigenvalue weighted by atomic mass is 16.4. The molecule has 0 atom stereocenters. The lowest BCUT2D eigenvalue weighted by atomic mass is 9.98. The molecule has 18 heavy (non-hydrogen) atoms. The van der Waals surface area contributed by atoms with Gasteiger partial charge in [0.05, 0.1) is 11.6 Å². The molecular weight excluding hydrogens is 228 g/mol. The SMILES string of the molecule is N#CC1CCN(Cc2ccc(C(=O)O)cc2)CC1. The summed E-state index contributed by atoms with van der Waals surface area (Å²) in [5, 5.41) is 17.6. The molecule has 2 rings (SSSR count). The Morgan fingerprint density at radius 1 is 1.33 bits per heavy atom. The van der Waals surface area contributed by atoms with Crippen LogP contribution in [0.5, 0.6) is 0 Å². The number of carboxylic acids is 1. The third-order valence-electron chi connectivity index (χ3n) is 3.38. The Kier molecular flexibility index (Phi) is 3.96. The molecule has 1 heterocycles. The Morgan fingerprint density at radius 3 is 2.44 bits per heavy atom. The summed E-state index contributed by atoms with van der Waals surface area (Å²) in [6.07, 6.45) is 1.87. The van der Waals surface area contributed by atoms with Crippen LogP contribution in [0.15, 0.2) is 24.3 Å². The average Bonchev–Trinajstić information content (AvgIpc) is 2.40. The number of hydrogen-bond donors (Lipinski definition) is 1. The zero-order valence-electron chi connectivity index (χ0n) is 10.2. The van der Waals surface area contributed by atoms with E-state index < -0.39 is 5.97 Å². The van der Waals surface area contributed by atoms with Gasteiger partial charge >= 0.3 is 5.97 Å². The summed E-state index contributed by atoms with van der Waals surface area (Å²) < 4.78 is 0. The lowest BCUT2D eigenvalue weighted by Gasteiger charge is -2.28. The van der Waals surface area contributed by atoms with E-state index in [1.54, 1.807) is 12.1 Å². The Balaban J connectivity index is 1.90. The number of nitriles is 1. The molecule has 1 aliphatic rings. The summed E-state index contributed by atoms with van der Waals surface area (Å²) in [5.41, 5.74) is 1.44. The van der Waals surface area contributed by atoms with Gasteiger partial charge in [0.15, 0.2) is 0 Å². The van der Waals surface area contributed by atoms with E-state index >= 15 is 0 Å². The highest BCUT2D eigenvalue weighted by Crippen LogP contribution is 2.18. The Morgan fingerprint density at radius 2 is 1.94 bits per heavy atom. The molecule has 1 saturated heterocycles. The number of likely N-dealkylation sites (tertiary alicyclic amines) is 1. The van der Waals surface area contributed by atoms with Crippen LogP contribution in [-0.2, 0) is 6.54 Å². The average molecular weight is 244 g/mol. The number of nitrogens with zero attached hydrogens (tertiary/aromatic N) is 2. The van der Waals surface area contributed by atoms with Crippen molar-refractivity contribution in [3.05, 3.63) is 35.4 Å². The van der Waals surface area contributed by atoms with E-state index in [1.807, 2.05) is 12.1 Å². The van der Waals surface area contributed by atoms with Gasteiger partial charge in [-0.05, 0) is 43.6 Å². The van der Waals surface area contributed by atoms with Gasteiger partial charge in [0, 0.05) is 12.5 Å². The summed E-state index contributed by atoms with van der Waals surface area (Å²) in [7, 11) is 0. The van der Waals surface area contributed by atoms with Crippen LogP contribution in [-0.4, -0.2) is 29.1 Å². The topological polar surface area (TPSA) is 64.3 Å². The van der Waals surface area contributed by atoms with Crippen LogP contribution < -0.4 is 0 Å². The molecule has 1 aromatic carbocycles. The Hall–Kier alpha value is -1.86. The zero-order valence-corrected chi connectivity index (χ0v) is 10.2. The van der Waals surface area contributed by atoms with Crippen molar-refractivity contribution in [2.24, 2.45) is 5.92 Å². The van der Waals surface area contributed by atoms with E-state index in [0.717, 1.165) is 38.0 Å². The van der Waals surface area contributed by atoms with E-state index in [1.165, 1.54) is 0 Å². The predicted octanol–water partition coefficient (Wildman–Crippen LogP) is 2.12. The maximum atomic E-state index is 10.7. The molecule has 1 aliphatic heterocycles. The first-order valence-corrected chi connectivity index (χ1v) is 6.13. The molecule has 94 valence electrons. The maximum absolute atomic E-state index is 10.7. The number of hydrogen-bond acceptors (Lipinski definition) is 3. The molecular formula is C14H16N2O2. The number of rotatable bonds is 3. The fourth-order valence-corrected chi connectivity index (χ4v) is 2.23. The van der Waals surface area contributed by atoms with Crippen molar-refractivity contribution in [2.45, 2.75) is 19.4 Å². The van der Waals surface area contributed by atoms with Crippen molar-refractivity contribution in [1.29, 1.82) is 5.26 Å². The van der Waals surface area contributed by atoms with Crippen LogP contribution in [0.3, 0.4) is 0 Å². The molecule has 0 amide bonds. The maximum Gasteiger partial charge on any atom is 0.335 e. The van der Waals surface area contributed by atoms with Crippen LogP contribution in [0.4, 0.5) is 0 Å². The molecule has 0 saturated carbocycles. The second-order valence-electron chi connectivity index (χ2n) is 4.68. The van der Waals surface area contributed by atoms with E-state index in [-0.39, 0.29) is 5.92 Å². The van der Waals surface area contributed by atoms with Gasteiger partial charge in [0.25, 0.3) is 0 Å². The van der Waals surface area contributed by atoms with E-state index in [2.05, 4.69) is 11.0 Å². The Labute approximate surface area is 106 Å². The molecule has 4 heteroatoms. The Bertz CT molecular complexity index is 454. The molecule has 0 aromatic heterocycles. The largest absolute Gasteiger partial charge is 0.478 e. The van der Waals surface area contributed by atoms with Gasteiger partial charge in [-0.25, -0.2) is 4.79 Å². The number of piperidine rings is 1. The molecule has 4 nitrogen and oxygen atoms in total. The second-order valence-corrected chi connectivity index (χ2v) is 4.68. The van der Waals surface area contributed by atoms with E-state index in [9.17, 15) is 4.79 Å². The van der Waals surface area contributed by atoms with E-state index in [4.69, 9.17) is 10.4 Å². The molecule has 0 unspecified atom stereocenters. The third kappa shape index (κ3) is 3.08. The van der Waals surface area contributed by atoms with E-state index in [0.29, 0.717) is 5.56 Å². The fourth-order valence-electron chi connectivity index (χ4n) is 2.23. The van der Waals surface area contributed by atoms with Gasteiger partial charge in [-0.2, -0.15) is 5.26 Å². The first-order chi connectivity index (χ1) is 8.69. The monoisotopic (exact) mass is 244 g/mol. The van der Waals surface area contributed by atoms with Crippen molar-refractivity contribution in [2.75, 3.05) is 13.1 Å². The van der Waals surface area contributed by atoms with Crippen molar-refractivity contribution in [3.8, 4) is 6.07 Å². The van der Waals surface area contributed by atoms with Gasteiger partial charge < -0.3 is 5.11 Å². The summed E-state index contributed by atoms with van der Waals surface area (Å²) in [5.74, 6) is -0.688. The molecule has 0 bridgehead atoms. The van der Waals surface area contributed by atoms with Gasteiger partial charge in [-0.15, -0.1) is 0 Å². The van der Waals surface area contributed by atoms with Crippen molar-refractivity contribution >= 4 is 5.97 Å². The zero-order chi connectivity index (χ0) is 13.0. The van der Waals surface area contributed by atoms with Crippen LogP contribution >= 0.6 is 0 Å². The summed E-state index contributed by atoms with van der Waals surface area (Å²) in [6.45, 7) is 2.72. The standard InChI is InChI=1S/C14H16N2O2/c15-9-11-5-7-16(8-6-11)10-12-1-3-13(4-2-12)14(17)18/h1-4,11H,5-8,10H2,(H,17,18). The van der Waals surface area contributed by atoms with Crippen molar-refractivity contribution in [3.63, 3.8) is 0 Å².